The van der Waals surface area contributed by atoms with Gasteiger partial charge in [0.2, 0.25) is 0 Å². The fourth-order valence-electron chi connectivity index (χ4n) is 1.26. The molecule has 0 aromatic rings. The zero-order valence-corrected chi connectivity index (χ0v) is 10.6. The lowest BCUT2D eigenvalue weighted by Crippen LogP contribution is -2.14. The van der Waals surface area contributed by atoms with Gasteiger partial charge < -0.3 is 4.74 Å². The van der Waals surface area contributed by atoms with Gasteiger partial charge in [-0.3, -0.25) is 4.79 Å². The normalized spacial score (nSPS) is 11.2. The molecule has 0 spiro atoms. The number of ether oxygens (including phenoxy) is 1. The summed E-state index contributed by atoms with van der Waals surface area (Å²) in [6.45, 7) is 9.29. The Bertz CT molecular complexity index is 281. The molecule has 2 heteroatoms. The minimum atomic E-state index is -0.258. The first-order chi connectivity index (χ1) is 7.56. The van der Waals surface area contributed by atoms with Crippen LogP contribution in [0.25, 0.3) is 0 Å². The Kier molecular flexibility index (Phi) is 8.34. The molecule has 1 atom stereocenters. The van der Waals surface area contributed by atoms with E-state index in [0.29, 0.717) is 6.42 Å². The molecule has 0 bridgehead atoms. The molecule has 0 heterocycles. The summed E-state index contributed by atoms with van der Waals surface area (Å²) in [5, 5.41) is 0. The molecule has 16 heavy (non-hydrogen) atoms. The number of hydrogen-bond donors (Lipinski definition) is 0. The quantitative estimate of drug-likeness (QED) is 0.298. The molecule has 0 aliphatic heterocycles. The minimum Gasteiger partial charge on any atom is -0.449 e. The maximum atomic E-state index is 10.9. The van der Waals surface area contributed by atoms with Crippen LogP contribution < -0.4 is 0 Å². The van der Waals surface area contributed by atoms with Gasteiger partial charge in [0, 0.05) is 13.3 Å². The van der Waals surface area contributed by atoms with Gasteiger partial charge in [-0.1, -0.05) is 43.8 Å². The van der Waals surface area contributed by atoms with Crippen LogP contribution in [0.4, 0.5) is 0 Å². The molecule has 0 amide bonds. The number of esters is 1. The summed E-state index contributed by atoms with van der Waals surface area (Å²) in [5.41, 5.74) is 1.03. The Morgan fingerprint density at radius 2 is 2.06 bits per heavy atom. The van der Waals surface area contributed by atoms with Crippen molar-refractivity contribution in [2.75, 3.05) is 0 Å². The summed E-state index contributed by atoms with van der Waals surface area (Å²) in [6, 6.07) is 0. The van der Waals surface area contributed by atoms with Gasteiger partial charge in [-0.05, 0) is 19.8 Å². The minimum absolute atomic E-state index is 0.247. The first-order valence-corrected chi connectivity index (χ1v) is 5.86. The van der Waals surface area contributed by atoms with Crippen LogP contribution in [-0.2, 0) is 9.53 Å². The molecule has 1 unspecified atom stereocenters. The third-order valence-electron chi connectivity index (χ3n) is 2.03. The van der Waals surface area contributed by atoms with E-state index in [0.717, 1.165) is 31.3 Å². The predicted molar refractivity (Wildman–Crippen MR) is 66.9 cm³/mol. The topological polar surface area (TPSA) is 26.3 Å². The highest BCUT2D eigenvalue weighted by Gasteiger charge is 2.07. The Labute approximate surface area is 99.1 Å². The van der Waals surface area contributed by atoms with Gasteiger partial charge in [0.1, 0.15) is 0 Å². The van der Waals surface area contributed by atoms with Gasteiger partial charge in [0.25, 0.3) is 0 Å². The standard InChI is InChI=1S/C14H22O2/c1-5-6-7-10-14(16-13(4)15)11-8-9-12(2)3/h14H,2,5-7,9-10H2,1,3-4H3. The van der Waals surface area contributed by atoms with Gasteiger partial charge in [-0.2, -0.15) is 0 Å². The molecular weight excluding hydrogens is 200 g/mol. The highest BCUT2D eigenvalue weighted by Crippen LogP contribution is 2.07. The third-order valence-corrected chi connectivity index (χ3v) is 2.03. The van der Waals surface area contributed by atoms with E-state index >= 15 is 0 Å². The van der Waals surface area contributed by atoms with Crippen molar-refractivity contribution in [2.45, 2.75) is 59.0 Å². The predicted octanol–water partition coefficient (Wildman–Crippen LogP) is 3.47. The Hall–Kier alpha value is -1.23. The maximum Gasteiger partial charge on any atom is 0.303 e. The van der Waals surface area contributed by atoms with Crippen LogP contribution >= 0.6 is 0 Å². The van der Waals surface area contributed by atoms with E-state index in [2.05, 4.69) is 25.3 Å². The molecule has 0 saturated heterocycles. The van der Waals surface area contributed by atoms with Crippen LogP contribution in [0.5, 0.6) is 0 Å². The van der Waals surface area contributed by atoms with Crippen molar-refractivity contribution in [1.29, 1.82) is 0 Å². The van der Waals surface area contributed by atoms with E-state index in [4.69, 9.17) is 4.74 Å². The summed E-state index contributed by atoms with van der Waals surface area (Å²) in [6.07, 6.45) is 4.62. The second-order valence-corrected chi connectivity index (χ2v) is 4.05. The molecule has 0 radical (unpaired) electrons. The average Bonchev–Trinajstić information content (AvgIpc) is 2.16. The molecule has 0 aromatic heterocycles. The molecule has 0 rings (SSSR count). The molecule has 0 aliphatic rings. The lowest BCUT2D eigenvalue weighted by molar-refractivity contribution is -0.144. The molecule has 0 aliphatic carbocycles. The fraction of sp³-hybridized carbons (Fsp3) is 0.643. The number of carbonyl (C=O) groups is 1. The number of hydrogen-bond acceptors (Lipinski definition) is 2. The van der Waals surface area contributed by atoms with E-state index in [1.165, 1.54) is 6.92 Å². The van der Waals surface area contributed by atoms with Gasteiger partial charge >= 0.3 is 5.97 Å². The highest BCUT2D eigenvalue weighted by molar-refractivity contribution is 5.66. The molecule has 0 N–H and O–H groups in total. The lowest BCUT2D eigenvalue weighted by Gasteiger charge is -2.10. The molecule has 2 nitrogen and oxygen atoms in total. The highest BCUT2D eigenvalue weighted by atomic mass is 16.5. The molecular formula is C14H22O2. The van der Waals surface area contributed by atoms with Gasteiger partial charge in [0.15, 0.2) is 6.10 Å². The summed E-state index contributed by atoms with van der Waals surface area (Å²) in [7, 11) is 0. The first kappa shape index (κ1) is 14.8. The Balaban J connectivity index is 4.11. The number of carbonyl (C=O) groups excluding carboxylic acids is 1. The lowest BCUT2D eigenvalue weighted by atomic mass is 10.1. The zero-order chi connectivity index (χ0) is 12.4. The third kappa shape index (κ3) is 9.33. The first-order valence-electron chi connectivity index (χ1n) is 5.86. The van der Waals surface area contributed by atoms with Crippen molar-refractivity contribution >= 4 is 5.97 Å². The maximum absolute atomic E-state index is 10.9. The summed E-state index contributed by atoms with van der Waals surface area (Å²) in [5.74, 6) is 5.72. The summed E-state index contributed by atoms with van der Waals surface area (Å²) in [4.78, 5) is 10.9. The van der Waals surface area contributed by atoms with E-state index in [1.807, 2.05) is 6.92 Å². The van der Waals surface area contributed by atoms with Crippen LogP contribution in [0.15, 0.2) is 12.2 Å². The average molecular weight is 222 g/mol. The Morgan fingerprint density at radius 1 is 1.38 bits per heavy atom. The Morgan fingerprint density at radius 3 is 2.56 bits per heavy atom. The van der Waals surface area contributed by atoms with E-state index in [1.54, 1.807) is 0 Å². The van der Waals surface area contributed by atoms with Crippen LogP contribution in [0.1, 0.15) is 52.9 Å². The molecule has 0 aromatic carbocycles. The van der Waals surface area contributed by atoms with Crippen LogP contribution in [0.3, 0.4) is 0 Å². The second-order valence-electron chi connectivity index (χ2n) is 4.05. The largest absolute Gasteiger partial charge is 0.449 e. The van der Waals surface area contributed by atoms with E-state index in [9.17, 15) is 4.79 Å². The van der Waals surface area contributed by atoms with Crippen molar-refractivity contribution in [1.82, 2.24) is 0 Å². The summed E-state index contributed by atoms with van der Waals surface area (Å²) < 4.78 is 5.14. The zero-order valence-electron chi connectivity index (χ0n) is 10.6. The molecule has 0 saturated carbocycles. The smallest absolute Gasteiger partial charge is 0.303 e. The van der Waals surface area contributed by atoms with E-state index < -0.39 is 0 Å². The molecule has 90 valence electrons. The van der Waals surface area contributed by atoms with E-state index in [-0.39, 0.29) is 12.1 Å². The van der Waals surface area contributed by atoms with Crippen LogP contribution in [0, 0.1) is 11.8 Å². The SMILES string of the molecule is C=C(C)CC#CC(CCCCC)OC(C)=O. The number of unbranched alkanes of at least 4 members (excludes halogenated alkanes) is 2. The summed E-state index contributed by atoms with van der Waals surface area (Å²) >= 11 is 0. The second kappa shape index (κ2) is 9.03. The van der Waals surface area contributed by atoms with Gasteiger partial charge in [-0.15, -0.1) is 0 Å². The fourth-order valence-corrected chi connectivity index (χ4v) is 1.26. The van der Waals surface area contributed by atoms with Crippen molar-refractivity contribution in [3.63, 3.8) is 0 Å². The van der Waals surface area contributed by atoms with Gasteiger partial charge in [-0.25, -0.2) is 0 Å². The van der Waals surface area contributed by atoms with Crippen molar-refractivity contribution < 1.29 is 9.53 Å². The van der Waals surface area contributed by atoms with Crippen molar-refractivity contribution in [3.8, 4) is 11.8 Å². The van der Waals surface area contributed by atoms with Gasteiger partial charge in [0.05, 0.1) is 0 Å². The van der Waals surface area contributed by atoms with Crippen LogP contribution in [-0.4, -0.2) is 12.1 Å². The number of allylic oxidation sites excluding steroid dienone is 1. The monoisotopic (exact) mass is 222 g/mol. The van der Waals surface area contributed by atoms with Crippen molar-refractivity contribution in [3.05, 3.63) is 12.2 Å². The molecule has 0 fully saturated rings. The van der Waals surface area contributed by atoms with Crippen molar-refractivity contribution in [2.24, 2.45) is 0 Å². The van der Waals surface area contributed by atoms with Crippen LogP contribution in [0.2, 0.25) is 0 Å². The number of rotatable bonds is 6.